The lowest BCUT2D eigenvalue weighted by atomic mass is 10.0. The van der Waals surface area contributed by atoms with Crippen molar-refractivity contribution in [1.82, 2.24) is 20.9 Å². The van der Waals surface area contributed by atoms with Crippen LogP contribution in [-0.4, -0.2) is 66.3 Å². The van der Waals surface area contributed by atoms with Gasteiger partial charge in [-0.3, -0.25) is 9.59 Å². The van der Waals surface area contributed by atoms with Crippen LogP contribution in [0, 0.1) is 11.3 Å². The number of aliphatic hydroxyl groups excluding tert-OH is 1. The van der Waals surface area contributed by atoms with Crippen LogP contribution in [0.4, 0.5) is 0 Å². The van der Waals surface area contributed by atoms with Gasteiger partial charge in [-0.25, -0.2) is 0 Å². The quantitative estimate of drug-likeness (QED) is 0.362. The molecule has 2 rings (SSSR count). The zero-order chi connectivity index (χ0) is 20.9. The lowest BCUT2D eigenvalue weighted by Crippen LogP contribution is -2.68. The second-order valence-electron chi connectivity index (χ2n) is 7.10. The second kappa shape index (κ2) is 9.12. The molecular weight excluding hydrogens is 360 g/mol. The molecule has 9 heteroatoms. The number of carbonyl (C=O) groups is 2. The van der Waals surface area contributed by atoms with E-state index in [0.717, 1.165) is 5.56 Å². The summed E-state index contributed by atoms with van der Waals surface area (Å²) in [7, 11) is 3.37. The van der Waals surface area contributed by atoms with Crippen molar-refractivity contribution in [3.8, 4) is 6.07 Å². The topological polar surface area (TPSA) is 144 Å². The molecule has 1 heterocycles. The first-order valence-electron chi connectivity index (χ1n) is 9.14. The van der Waals surface area contributed by atoms with Gasteiger partial charge in [-0.05, 0) is 38.7 Å². The molecule has 6 N–H and O–H groups in total. The monoisotopic (exact) mass is 388 g/mol. The zero-order valence-electron chi connectivity index (χ0n) is 16.4. The molecule has 0 bridgehead atoms. The van der Waals surface area contributed by atoms with Gasteiger partial charge < -0.3 is 31.7 Å². The Kier molecular flexibility index (Phi) is 7.10. The number of hydrogen-bond donors (Lipinski definition) is 5. The molecule has 0 aromatic heterocycles. The Morgan fingerprint density at radius 3 is 2.50 bits per heavy atom. The van der Waals surface area contributed by atoms with Gasteiger partial charge in [-0.15, -0.1) is 0 Å². The number of carbonyl (C=O) groups excluding carboxylic acids is 2. The van der Waals surface area contributed by atoms with E-state index in [-0.39, 0.29) is 25.4 Å². The summed E-state index contributed by atoms with van der Waals surface area (Å²) in [6.07, 6.45) is -0.620. The summed E-state index contributed by atoms with van der Waals surface area (Å²) in [4.78, 5) is 26.9. The Bertz CT molecular complexity index is 741. The average molecular weight is 388 g/mol. The standard InChI is InChI=1S/C19H28N6O3/c1-19(22-2,23-3)16(21)18(28)25-11-14(26)8-15(25)17(27)24-10-13-6-4-12(9-20)5-7-13/h4-7,14-16,22-23,26H,8,10-11,21H2,1-3H3,(H,24,27)/t14-,15+,16-/m1/s1. The average Bonchev–Trinajstić information content (AvgIpc) is 3.12. The second-order valence-corrected chi connectivity index (χ2v) is 7.10. The molecule has 1 fully saturated rings. The Morgan fingerprint density at radius 1 is 1.36 bits per heavy atom. The maximum Gasteiger partial charge on any atom is 0.243 e. The first-order valence-corrected chi connectivity index (χ1v) is 9.14. The van der Waals surface area contributed by atoms with Crippen molar-refractivity contribution in [3.05, 3.63) is 35.4 Å². The lowest BCUT2D eigenvalue weighted by Gasteiger charge is -2.37. The molecule has 1 aliphatic rings. The Balaban J connectivity index is 2.06. The first-order chi connectivity index (χ1) is 13.3. The van der Waals surface area contributed by atoms with E-state index in [4.69, 9.17) is 11.0 Å². The van der Waals surface area contributed by atoms with Crippen LogP contribution >= 0.6 is 0 Å². The van der Waals surface area contributed by atoms with Crippen molar-refractivity contribution >= 4 is 11.8 Å². The summed E-state index contributed by atoms with van der Waals surface area (Å²) in [5.74, 6) is -0.765. The molecule has 1 aliphatic heterocycles. The van der Waals surface area contributed by atoms with Crippen molar-refractivity contribution in [3.63, 3.8) is 0 Å². The van der Waals surface area contributed by atoms with E-state index < -0.39 is 29.8 Å². The molecule has 0 radical (unpaired) electrons. The molecule has 1 aromatic rings. The molecule has 2 amide bonds. The van der Waals surface area contributed by atoms with E-state index in [0.29, 0.717) is 5.56 Å². The SMILES string of the molecule is CNC(C)(NC)[C@H](N)C(=O)N1C[C@H](O)C[C@H]1C(=O)NCc1ccc(C#N)cc1. The molecule has 0 spiro atoms. The molecule has 1 saturated heterocycles. The number of nitrogens with zero attached hydrogens (tertiary/aromatic N) is 2. The van der Waals surface area contributed by atoms with Gasteiger partial charge in [-0.2, -0.15) is 5.26 Å². The van der Waals surface area contributed by atoms with Gasteiger partial charge in [-0.1, -0.05) is 12.1 Å². The minimum absolute atomic E-state index is 0.0605. The molecule has 0 unspecified atom stereocenters. The van der Waals surface area contributed by atoms with Gasteiger partial charge >= 0.3 is 0 Å². The maximum atomic E-state index is 12.9. The number of aliphatic hydroxyl groups is 1. The summed E-state index contributed by atoms with van der Waals surface area (Å²) in [5, 5.41) is 27.6. The predicted molar refractivity (Wildman–Crippen MR) is 104 cm³/mol. The number of nitrogens with one attached hydrogen (secondary N) is 3. The van der Waals surface area contributed by atoms with Gasteiger partial charge in [0.1, 0.15) is 12.1 Å². The number of hydrogen-bond acceptors (Lipinski definition) is 7. The third-order valence-electron chi connectivity index (χ3n) is 5.34. The normalized spacial score (nSPS) is 20.5. The number of likely N-dealkylation sites (tertiary alicyclic amines) is 1. The highest BCUT2D eigenvalue weighted by molar-refractivity contribution is 5.91. The van der Waals surface area contributed by atoms with Crippen LogP contribution in [0.1, 0.15) is 24.5 Å². The van der Waals surface area contributed by atoms with E-state index in [2.05, 4.69) is 16.0 Å². The van der Waals surface area contributed by atoms with E-state index in [1.807, 2.05) is 6.07 Å². The van der Waals surface area contributed by atoms with Crippen molar-refractivity contribution in [2.24, 2.45) is 5.73 Å². The van der Waals surface area contributed by atoms with E-state index >= 15 is 0 Å². The highest BCUT2D eigenvalue weighted by Crippen LogP contribution is 2.21. The summed E-state index contributed by atoms with van der Waals surface area (Å²) >= 11 is 0. The first kappa shape index (κ1) is 21.8. The number of nitriles is 1. The van der Waals surface area contributed by atoms with Crippen molar-refractivity contribution in [1.29, 1.82) is 5.26 Å². The zero-order valence-corrected chi connectivity index (χ0v) is 16.4. The number of likely N-dealkylation sites (N-methyl/N-ethyl adjacent to an activating group) is 2. The smallest absolute Gasteiger partial charge is 0.243 e. The molecule has 28 heavy (non-hydrogen) atoms. The molecule has 0 aliphatic carbocycles. The highest BCUT2D eigenvalue weighted by Gasteiger charge is 2.44. The third kappa shape index (κ3) is 4.66. The minimum atomic E-state index is -0.943. The molecule has 152 valence electrons. The van der Waals surface area contributed by atoms with Crippen LogP contribution in [0.5, 0.6) is 0 Å². The van der Waals surface area contributed by atoms with E-state index in [1.54, 1.807) is 45.3 Å². The summed E-state index contributed by atoms with van der Waals surface area (Å²) in [6, 6.07) is 7.17. The van der Waals surface area contributed by atoms with Gasteiger partial charge in [0.25, 0.3) is 0 Å². The Labute approximate surface area is 164 Å². The third-order valence-corrected chi connectivity index (χ3v) is 5.34. The molecule has 3 atom stereocenters. The fourth-order valence-electron chi connectivity index (χ4n) is 3.17. The lowest BCUT2D eigenvalue weighted by molar-refractivity contribution is -0.141. The largest absolute Gasteiger partial charge is 0.391 e. The maximum absolute atomic E-state index is 12.9. The van der Waals surface area contributed by atoms with E-state index in [1.165, 1.54) is 4.90 Å². The number of nitrogens with two attached hydrogens (primary N) is 1. The molecular formula is C19H28N6O3. The van der Waals surface area contributed by atoms with Gasteiger partial charge in [0, 0.05) is 19.5 Å². The van der Waals surface area contributed by atoms with Crippen LogP contribution in [-0.2, 0) is 16.1 Å². The highest BCUT2D eigenvalue weighted by atomic mass is 16.3. The van der Waals surface area contributed by atoms with Gasteiger partial charge in [0.2, 0.25) is 11.8 Å². The molecule has 9 nitrogen and oxygen atoms in total. The molecule has 1 aromatic carbocycles. The Morgan fingerprint density at radius 2 is 1.96 bits per heavy atom. The van der Waals surface area contributed by atoms with Crippen molar-refractivity contribution in [2.75, 3.05) is 20.6 Å². The van der Waals surface area contributed by atoms with Gasteiger partial charge in [0.15, 0.2) is 0 Å². The van der Waals surface area contributed by atoms with E-state index in [9.17, 15) is 14.7 Å². The Hall–Kier alpha value is -2.51. The van der Waals surface area contributed by atoms with Crippen LogP contribution in [0.2, 0.25) is 0 Å². The van der Waals surface area contributed by atoms with Crippen LogP contribution < -0.4 is 21.7 Å². The van der Waals surface area contributed by atoms with Crippen LogP contribution in [0.25, 0.3) is 0 Å². The number of benzene rings is 1. The van der Waals surface area contributed by atoms with Crippen LogP contribution in [0.15, 0.2) is 24.3 Å². The van der Waals surface area contributed by atoms with Crippen LogP contribution in [0.3, 0.4) is 0 Å². The minimum Gasteiger partial charge on any atom is -0.391 e. The van der Waals surface area contributed by atoms with Gasteiger partial charge in [0.05, 0.1) is 23.4 Å². The summed E-state index contributed by atoms with van der Waals surface area (Å²) in [5.41, 5.74) is 6.66. The number of rotatable bonds is 7. The predicted octanol–water partition coefficient (Wildman–Crippen LogP) is -1.38. The fourth-order valence-corrected chi connectivity index (χ4v) is 3.17. The summed E-state index contributed by atoms with van der Waals surface area (Å²) < 4.78 is 0. The van der Waals surface area contributed by atoms with Crippen molar-refractivity contribution < 1.29 is 14.7 Å². The number of amides is 2. The number of β-amino-alcohol motifs (C(OH)–C–C–N with tert-alkyl or cyclic N) is 1. The fraction of sp³-hybridized carbons (Fsp3) is 0.526. The molecule has 0 saturated carbocycles. The summed E-state index contributed by atoms with van der Waals surface area (Å²) in [6.45, 7) is 2.07. The van der Waals surface area contributed by atoms with Crippen molar-refractivity contribution in [2.45, 2.75) is 43.7 Å².